The van der Waals surface area contributed by atoms with Gasteiger partial charge in [0.25, 0.3) is 0 Å². The van der Waals surface area contributed by atoms with Gasteiger partial charge in [-0.1, -0.05) is 127 Å². The number of rotatable bonds is 3. The summed E-state index contributed by atoms with van der Waals surface area (Å²) in [6, 6.07) is 58.3. The van der Waals surface area contributed by atoms with Crippen LogP contribution in [0.25, 0.3) is 95.3 Å². The van der Waals surface area contributed by atoms with Gasteiger partial charge in [0.2, 0.25) is 0 Å². The third-order valence-corrected chi connectivity index (χ3v) is 11.7. The Bertz CT molecular complexity index is 2740. The molecule has 2 heteroatoms. The molecule has 0 saturated heterocycles. The van der Waals surface area contributed by atoms with Crippen molar-refractivity contribution in [3.63, 3.8) is 0 Å². The number of hydrogen-bond acceptors (Lipinski definition) is 2. The monoisotopic (exact) mass is 618 g/mol. The van der Waals surface area contributed by atoms with Gasteiger partial charge in [-0.15, -0.1) is 22.7 Å². The minimum Gasteiger partial charge on any atom is -0.135 e. The standard InChI is InChI=1S/C44H26S2/c1-2-11-27(12-3-1)43-33-16-4-6-18-35(33)44(36-19-7-5-17-34(36)43)30-14-10-13-28(23-30)29-21-22-32-38-26-41-37(25-42(38)46-40(32)24-29)31-15-8-9-20-39(31)45-41/h1-26H. The van der Waals surface area contributed by atoms with E-state index in [1.54, 1.807) is 0 Å². The molecule has 0 aliphatic rings. The van der Waals surface area contributed by atoms with Crippen LogP contribution in [0.3, 0.4) is 0 Å². The summed E-state index contributed by atoms with van der Waals surface area (Å²) in [7, 11) is 0. The first-order chi connectivity index (χ1) is 22.8. The third-order valence-electron chi connectivity index (χ3n) is 9.45. The van der Waals surface area contributed by atoms with E-state index < -0.39 is 0 Å². The van der Waals surface area contributed by atoms with Gasteiger partial charge in [-0.25, -0.2) is 0 Å². The van der Waals surface area contributed by atoms with E-state index in [4.69, 9.17) is 0 Å². The Morgan fingerprint density at radius 1 is 0.239 bits per heavy atom. The van der Waals surface area contributed by atoms with Crippen molar-refractivity contribution in [2.45, 2.75) is 0 Å². The van der Waals surface area contributed by atoms with Crippen LogP contribution in [0.5, 0.6) is 0 Å². The normalized spacial score (nSPS) is 11.9. The molecule has 0 radical (unpaired) electrons. The van der Waals surface area contributed by atoms with E-state index in [0.29, 0.717) is 0 Å². The van der Waals surface area contributed by atoms with Gasteiger partial charge in [0.15, 0.2) is 0 Å². The maximum absolute atomic E-state index is 2.41. The van der Waals surface area contributed by atoms with Crippen molar-refractivity contribution >= 4 is 84.6 Å². The smallest absolute Gasteiger partial charge is 0.0362 e. The number of fused-ring (bicyclic) bond motifs is 8. The summed E-state index contributed by atoms with van der Waals surface area (Å²) in [4.78, 5) is 0. The Morgan fingerprint density at radius 2 is 0.696 bits per heavy atom. The van der Waals surface area contributed by atoms with Gasteiger partial charge in [-0.2, -0.15) is 0 Å². The van der Waals surface area contributed by atoms with Crippen molar-refractivity contribution < 1.29 is 0 Å². The molecular weight excluding hydrogens is 593 g/mol. The van der Waals surface area contributed by atoms with Crippen LogP contribution in [0, 0.1) is 0 Å². The van der Waals surface area contributed by atoms with Crippen molar-refractivity contribution in [3.05, 3.63) is 158 Å². The third kappa shape index (κ3) is 3.91. The summed E-state index contributed by atoms with van der Waals surface area (Å²) in [5.74, 6) is 0. The molecule has 0 atom stereocenters. The lowest BCUT2D eigenvalue weighted by Gasteiger charge is -2.18. The SMILES string of the molecule is c1ccc(-c2c3ccccc3c(-c3cccc(-c4ccc5c(c4)sc4cc6c(cc45)sc4ccccc46)c3)c3ccccc23)cc1. The minimum atomic E-state index is 1.24. The van der Waals surface area contributed by atoms with E-state index in [2.05, 4.69) is 158 Å². The molecule has 0 spiro atoms. The Hall–Kier alpha value is -5.28. The molecule has 10 aromatic rings. The highest BCUT2D eigenvalue weighted by Gasteiger charge is 2.17. The topological polar surface area (TPSA) is 0 Å². The molecule has 0 bridgehead atoms. The first-order valence-electron chi connectivity index (χ1n) is 15.7. The molecule has 2 aromatic heterocycles. The lowest BCUT2D eigenvalue weighted by Crippen LogP contribution is -1.91. The van der Waals surface area contributed by atoms with Crippen LogP contribution in [0.2, 0.25) is 0 Å². The van der Waals surface area contributed by atoms with Crippen LogP contribution >= 0.6 is 22.7 Å². The first kappa shape index (κ1) is 26.0. The van der Waals surface area contributed by atoms with Crippen molar-refractivity contribution in [2.75, 3.05) is 0 Å². The molecule has 0 unspecified atom stereocenters. The van der Waals surface area contributed by atoms with E-state index in [1.807, 2.05) is 22.7 Å². The molecule has 0 nitrogen and oxygen atoms in total. The molecule has 10 rings (SSSR count). The molecule has 2 heterocycles. The van der Waals surface area contributed by atoms with E-state index >= 15 is 0 Å². The van der Waals surface area contributed by atoms with Crippen LogP contribution in [0.15, 0.2) is 158 Å². The predicted molar refractivity (Wildman–Crippen MR) is 204 cm³/mol. The fourth-order valence-corrected chi connectivity index (χ4v) is 9.68. The van der Waals surface area contributed by atoms with Crippen LogP contribution in [-0.2, 0) is 0 Å². The van der Waals surface area contributed by atoms with Crippen molar-refractivity contribution in [3.8, 4) is 33.4 Å². The second-order valence-electron chi connectivity index (χ2n) is 12.0. The lowest BCUT2D eigenvalue weighted by atomic mass is 9.85. The molecule has 0 amide bonds. The van der Waals surface area contributed by atoms with Crippen LogP contribution < -0.4 is 0 Å². The highest BCUT2D eigenvalue weighted by atomic mass is 32.1. The molecule has 0 aliphatic heterocycles. The Morgan fingerprint density at radius 3 is 1.37 bits per heavy atom. The fourth-order valence-electron chi connectivity index (χ4n) is 7.38. The molecule has 8 aromatic carbocycles. The highest BCUT2D eigenvalue weighted by molar-refractivity contribution is 7.27. The quantitative estimate of drug-likeness (QED) is 0.173. The highest BCUT2D eigenvalue weighted by Crippen LogP contribution is 2.45. The van der Waals surface area contributed by atoms with Crippen molar-refractivity contribution in [1.29, 1.82) is 0 Å². The summed E-state index contributed by atoms with van der Waals surface area (Å²) in [5, 5.41) is 10.6. The van der Waals surface area contributed by atoms with E-state index in [0.717, 1.165) is 0 Å². The molecular formula is C44H26S2. The summed E-state index contributed by atoms with van der Waals surface area (Å²) in [6.07, 6.45) is 0. The minimum absolute atomic E-state index is 1.24. The largest absolute Gasteiger partial charge is 0.135 e. The van der Waals surface area contributed by atoms with Gasteiger partial charge in [-0.3, -0.25) is 0 Å². The van der Waals surface area contributed by atoms with Crippen LogP contribution in [-0.4, -0.2) is 0 Å². The number of hydrogen-bond donors (Lipinski definition) is 0. The molecule has 0 aliphatic carbocycles. The predicted octanol–water partition coefficient (Wildman–Crippen LogP) is 13.7. The zero-order chi connectivity index (χ0) is 30.2. The zero-order valence-corrected chi connectivity index (χ0v) is 26.5. The Labute approximate surface area is 274 Å². The van der Waals surface area contributed by atoms with Gasteiger partial charge in [0.05, 0.1) is 0 Å². The summed E-state index contributed by atoms with van der Waals surface area (Å²) >= 11 is 3.80. The van der Waals surface area contributed by atoms with Gasteiger partial charge in [-0.05, 0) is 85.3 Å². The summed E-state index contributed by atoms with van der Waals surface area (Å²) in [5.41, 5.74) is 7.58. The molecule has 214 valence electrons. The first-order valence-corrected chi connectivity index (χ1v) is 17.3. The number of thiophene rings is 2. The summed E-state index contributed by atoms with van der Waals surface area (Å²) in [6.45, 7) is 0. The van der Waals surface area contributed by atoms with E-state index in [-0.39, 0.29) is 0 Å². The zero-order valence-electron chi connectivity index (χ0n) is 24.8. The average Bonchev–Trinajstić information content (AvgIpc) is 3.66. The van der Waals surface area contributed by atoms with E-state index in [9.17, 15) is 0 Å². The summed E-state index contributed by atoms with van der Waals surface area (Å²) < 4.78 is 5.41. The Balaban J connectivity index is 1.15. The molecule has 0 fully saturated rings. The molecule has 46 heavy (non-hydrogen) atoms. The maximum Gasteiger partial charge on any atom is 0.0362 e. The van der Waals surface area contributed by atoms with Crippen LogP contribution in [0.4, 0.5) is 0 Å². The van der Waals surface area contributed by atoms with E-state index in [1.165, 1.54) is 95.3 Å². The van der Waals surface area contributed by atoms with Crippen molar-refractivity contribution in [2.24, 2.45) is 0 Å². The average molecular weight is 619 g/mol. The van der Waals surface area contributed by atoms with Gasteiger partial charge in [0.1, 0.15) is 0 Å². The molecule has 0 saturated carbocycles. The molecule has 0 N–H and O–H groups in total. The van der Waals surface area contributed by atoms with Gasteiger partial charge in [0, 0.05) is 40.3 Å². The lowest BCUT2D eigenvalue weighted by molar-refractivity contribution is 1.63. The van der Waals surface area contributed by atoms with Gasteiger partial charge >= 0.3 is 0 Å². The van der Waals surface area contributed by atoms with Gasteiger partial charge < -0.3 is 0 Å². The van der Waals surface area contributed by atoms with Crippen molar-refractivity contribution in [1.82, 2.24) is 0 Å². The second-order valence-corrected chi connectivity index (χ2v) is 14.2. The van der Waals surface area contributed by atoms with Crippen LogP contribution in [0.1, 0.15) is 0 Å². The number of benzene rings is 8. The second kappa shape index (κ2) is 10.1. The fraction of sp³-hybridized carbons (Fsp3) is 0. The Kier molecular flexibility index (Phi) is 5.72. The maximum atomic E-state index is 2.41.